The molecule has 14 heavy (non-hydrogen) atoms. The van der Waals surface area contributed by atoms with Gasteiger partial charge in [-0.25, -0.2) is 4.79 Å². The number of cyclic esters (lactones) is 1. The van der Waals surface area contributed by atoms with Gasteiger partial charge in [0, 0.05) is 13.1 Å². The number of hydrogen-bond donors (Lipinski definition) is 1. The highest BCUT2D eigenvalue weighted by molar-refractivity contribution is 5.69. The van der Waals surface area contributed by atoms with Gasteiger partial charge in [0.1, 0.15) is 6.10 Å². The van der Waals surface area contributed by atoms with Crippen molar-refractivity contribution in [1.82, 2.24) is 4.90 Å². The molecule has 1 aliphatic heterocycles. The third-order valence-electron chi connectivity index (χ3n) is 2.49. The Kier molecular flexibility index (Phi) is 4.73. The normalized spacial score (nSPS) is 21.4. The smallest absolute Gasteiger partial charge is 0.410 e. The van der Waals surface area contributed by atoms with Crippen LogP contribution >= 0.6 is 0 Å². The number of nitrogens with two attached hydrogens (primary N) is 1. The Bertz CT molecular complexity index is 185. The van der Waals surface area contributed by atoms with Gasteiger partial charge in [0.15, 0.2) is 0 Å². The summed E-state index contributed by atoms with van der Waals surface area (Å²) in [6.45, 7) is 4.09. The maximum atomic E-state index is 11.3. The minimum atomic E-state index is -0.197. The fourth-order valence-electron chi connectivity index (χ4n) is 1.61. The van der Waals surface area contributed by atoms with Crippen LogP contribution in [0.15, 0.2) is 0 Å². The lowest BCUT2D eigenvalue weighted by molar-refractivity contribution is 0.135. The fraction of sp³-hybridized carbons (Fsp3) is 0.900. The molecule has 0 spiro atoms. The van der Waals surface area contributed by atoms with Crippen molar-refractivity contribution in [3.05, 3.63) is 0 Å². The van der Waals surface area contributed by atoms with Crippen LogP contribution in [-0.2, 0) is 4.74 Å². The molecule has 1 heterocycles. The van der Waals surface area contributed by atoms with E-state index in [-0.39, 0.29) is 12.2 Å². The predicted octanol–water partition coefficient (Wildman–Crippen LogP) is 1.35. The Balaban J connectivity index is 2.15. The van der Waals surface area contributed by atoms with Crippen molar-refractivity contribution in [1.29, 1.82) is 0 Å². The topological polar surface area (TPSA) is 55.6 Å². The molecule has 4 nitrogen and oxygen atoms in total. The SMILES string of the molecule is CCCCCCN1CC(CN)OC1=O. The Morgan fingerprint density at radius 1 is 1.50 bits per heavy atom. The number of unbranched alkanes of at least 4 members (excludes halogenated alkanes) is 3. The molecule has 4 heteroatoms. The highest BCUT2D eigenvalue weighted by Gasteiger charge is 2.29. The first-order valence-corrected chi connectivity index (χ1v) is 5.43. The van der Waals surface area contributed by atoms with Gasteiger partial charge in [0.25, 0.3) is 0 Å². The Labute approximate surface area is 85.4 Å². The molecule has 1 amide bonds. The van der Waals surface area contributed by atoms with Gasteiger partial charge in [-0.2, -0.15) is 0 Å². The quantitative estimate of drug-likeness (QED) is 0.658. The minimum Gasteiger partial charge on any atom is -0.443 e. The van der Waals surface area contributed by atoms with E-state index in [1.54, 1.807) is 4.90 Å². The van der Waals surface area contributed by atoms with Crippen LogP contribution in [-0.4, -0.2) is 36.7 Å². The van der Waals surface area contributed by atoms with Gasteiger partial charge in [-0.05, 0) is 6.42 Å². The highest BCUT2D eigenvalue weighted by atomic mass is 16.6. The molecule has 82 valence electrons. The summed E-state index contributed by atoms with van der Waals surface area (Å²) in [6, 6.07) is 0. The summed E-state index contributed by atoms with van der Waals surface area (Å²) >= 11 is 0. The van der Waals surface area contributed by atoms with Crippen LogP contribution in [0.2, 0.25) is 0 Å². The number of nitrogens with zero attached hydrogens (tertiary/aromatic N) is 1. The monoisotopic (exact) mass is 200 g/mol. The van der Waals surface area contributed by atoms with Crippen molar-refractivity contribution in [3.8, 4) is 0 Å². The Morgan fingerprint density at radius 3 is 2.86 bits per heavy atom. The lowest BCUT2D eigenvalue weighted by Crippen LogP contribution is -2.28. The van der Waals surface area contributed by atoms with Crippen LogP contribution in [0.1, 0.15) is 32.6 Å². The summed E-state index contributed by atoms with van der Waals surface area (Å²) in [5, 5.41) is 0. The molecule has 1 fully saturated rings. The number of hydrogen-bond acceptors (Lipinski definition) is 3. The van der Waals surface area contributed by atoms with E-state index in [2.05, 4.69) is 6.92 Å². The summed E-state index contributed by atoms with van der Waals surface area (Å²) in [7, 11) is 0. The van der Waals surface area contributed by atoms with Gasteiger partial charge in [0.2, 0.25) is 0 Å². The molecule has 2 N–H and O–H groups in total. The summed E-state index contributed by atoms with van der Waals surface area (Å²) in [5.74, 6) is 0. The molecule has 1 aliphatic rings. The summed E-state index contributed by atoms with van der Waals surface area (Å²) in [6.07, 6.45) is 4.43. The third kappa shape index (κ3) is 3.18. The van der Waals surface area contributed by atoms with Crippen molar-refractivity contribution in [3.63, 3.8) is 0 Å². The molecule has 1 rings (SSSR count). The maximum absolute atomic E-state index is 11.3. The number of amides is 1. The second kappa shape index (κ2) is 5.86. The number of carbonyl (C=O) groups excluding carboxylic acids is 1. The number of rotatable bonds is 6. The molecule has 1 atom stereocenters. The summed E-state index contributed by atoms with van der Waals surface area (Å²) < 4.78 is 5.04. The lowest BCUT2D eigenvalue weighted by Gasteiger charge is -2.11. The summed E-state index contributed by atoms with van der Waals surface area (Å²) in [4.78, 5) is 13.0. The van der Waals surface area contributed by atoms with Gasteiger partial charge in [-0.15, -0.1) is 0 Å². The van der Waals surface area contributed by atoms with E-state index < -0.39 is 0 Å². The van der Waals surface area contributed by atoms with Crippen molar-refractivity contribution < 1.29 is 9.53 Å². The van der Waals surface area contributed by atoms with Gasteiger partial charge in [0.05, 0.1) is 6.54 Å². The van der Waals surface area contributed by atoms with Gasteiger partial charge >= 0.3 is 6.09 Å². The third-order valence-corrected chi connectivity index (χ3v) is 2.49. The zero-order valence-corrected chi connectivity index (χ0v) is 8.87. The second-order valence-electron chi connectivity index (χ2n) is 3.75. The first-order chi connectivity index (χ1) is 6.77. The van der Waals surface area contributed by atoms with E-state index in [1.165, 1.54) is 19.3 Å². The molecule has 0 aliphatic carbocycles. The van der Waals surface area contributed by atoms with Crippen LogP contribution in [0.25, 0.3) is 0 Å². The standard InChI is InChI=1S/C10H20N2O2/c1-2-3-4-5-6-12-8-9(7-11)14-10(12)13/h9H,2-8,11H2,1H3. The molecule has 0 bridgehead atoms. The summed E-state index contributed by atoms with van der Waals surface area (Å²) in [5.41, 5.74) is 5.43. The average Bonchev–Trinajstić information content (AvgIpc) is 2.54. The van der Waals surface area contributed by atoms with Crippen molar-refractivity contribution >= 4 is 6.09 Å². The van der Waals surface area contributed by atoms with E-state index in [9.17, 15) is 4.79 Å². The molecular formula is C10H20N2O2. The maximum Gasteiger partial charge on any atom is 0.410 e. The van der Waals surface area contributed by atoms with E-state index >= 15 is 0 Å². The van der Waals surface area contributed by atoms with Crippen LogP contribution < -0.4 is 5.73 Å². The number of carbonyl (C=O) groups is 1. The van der Waals surface area contributed by atoms with E-state index in [0.717, 1.165) is 13.0 Å². The largest absolute Gasteiger partial charge is 0.443 e. The van der Waals surface area contributed by atoms with Gasteiger partial charge in [-0.1, -0.05) is 26.2 Å². The van der Waals surface area contributed by atoms with Crippen LogP contribution in [0.5, 0.6) is 0 Å². The van der Waals surface area contributed by atoms with E-state index in [1.807, 2.05) is 0 Å². The van der Waals surface area contributed by atoms with Crippen LogP contribution in [0.3, 0.4) is 0 Å². The van der Waals surface area contributed by atoms with E-state index in [4.69, 9.17) is 10.5 Å². The molecule has 1 unspecified atom stereocenters. The molecule has 1 saturated heterocycles. The van der Waals surface area contributed by atoms with Crippen molar-refractivity contribution in [2.45, 2.75) is 38.7 Å². The second-order valence-corrected chi connectivity index (χ2v) is 3.75. The molecular weight excluding hydrogens is 180 g/mol. The van der Waals surface area contributed by atoms with E-state index in [0.29, 0.717) is 13.1 Å². The zero-order chi connectivity index (χ0) is 10.4. The first-order valence-electron chi connectivity index (χ1n) is 5.43. The van der Waals surface area contributed by atoms with Crippen molar-refractivity contribution in [2.75, 3.05) is 19.6 Å². The molecule has 0 saturated carbocycles. The Hall–Kier alpha value is -0.770. The lowest BCUT2D eigenvalue weighted by atomic mass is 10.2. The predicted molar refractivity (Wildman–Crippen MR) is 55.0 cm³/mol. The molecule has 0 aromatic rings. The number of ether oxygens (including phenoxy) is 1. The van der Waals surface area contributed by atoms with Crippen LogP contribution in [0, 0.1) is 0 Å². The molecule has 0 radical (unpaired) electrons. The first kappa shape index (κ1) is 11.3. The highest BCUT2D eigenvalue weighted by Crippen LogP contribution is 2.11. The fourth-order valence-corrected chi connectivity index (χ4v) is 1.61. The molecule has 0 aromatic heterocycles. The molecule has 0 aromatic carbocycles. The van der Waals surface area contributed by atoms with Crippen LogP contribution in [0.4, 0.5) is 4.79 Å². The Morgan fingerprint density at radius 2 is 2.29 bits per heavy atom. The van der Waals surface area contributed by atoms with Gasteiger partial charge < -0.3 is 15.4 Å². The average molecular weight is 200 g/mol. The van der Waals surface area contributed by atoms with Gasteiger partial charge in [-0.3, -0.25) is 0 Å². The zero-order valence-electron chi connectivity index (χ0n) is 8.87. The minimum absolute atomic E-state index is 0.0892. The van der Waals surface area contributed by atoms with Crippen molar-refractivity contribution in [2.24, 2.45) is 5.73 Å².